The normalized spacial score (nSPS) is 12.1. The van der Waals surface area contributed by atoms with Crippen LogP contribution in [0, 0.1) is 10.1 Å². The van der Waals surface area contributed by atoms with Gasteiger partial charge < -0.3 is 5.11 Å². The number of aliphatic carboxylic acids is 1. The van der Waals surface area contributed by atoms with E-state index in [4.69, 9.17) is 16.7 Å². The van der Waals surface area contributed by atoms with Gasteiger partial charge in [0, 0.05) is 17.9 Å². The maximum absolute atomic E-state index is 10.6. The Morgan fingerprint density at radius 3 is 2.76 bits per heavy atom. The Kier molecular flexibility index (Phi) is 4.77. The molecule has 0 aliphatic rings. The minimum atomic E-state index is -0.895. The summed E-state index contributed by atoms with van der Waals surface area (Å²) in [5.74, 6) is -0.488. The number of hydrogen-bond acceptors (Lipinski definition) is 4. The molecule has 0 saturated heterocycles. The molecular weight excluding hydrogens is 266 g/mol. The second kappa shape index (κ2) is 5.88. The molecule has 0 aromatic heterocycles. The number of nitrogens with zero attached hydrogens (tertiary/aromatic N) is 1. The van der Waals surface area contributed by atoms with Crippen LogP contribution in [-0.4, -0.2) is 21.2 Å². The zero-order chi connectivity index (χ0) is 13.0. The molecule has 0 radical (unpaired) electrons. The van der Waals surface area contributed by atoms with E-state index in [1.807, 2.05) is 0 Å². The molecule has 1 aromatic rings. The molecule has 0 spiro atoms. The van der Waals surface area contributed by atoms with Crippen LogP contribution in [0.1, 0.15) is 12.5 Å². The second-order valence-electron chi connectivity index (χ2n) is 3.32. The SMILES string of the molecule is CC(SCc1ccc([N+](=O)[O-])cc1Cl)C(=O)O. The van der Waals surface area contributed by atoms with E-state index >= 15 is 0 Å². The lowest BCUT2D eigenvalue weighted by Crippen LogP contribution is -2.11. The minimum absolute atomic E-state index is 0.0740. The van der Waals surface area contributed by atoms with Crippen molar-refractivity contribution in [3.05, 3.63) is 38.9 Å². The molecule has 1 atom stereocenters. The quantitative estimate of drug-likeness (QED) is 0.660. The Bertz CT molecular complexity index is 452. The van der Waals surface area contributed by atoms with Crippen LogP contribution in [0.3, 0.4) is 0 Å². The van der Waals surface area contributed by atoms with Crippen molar-refractivity contribution >= 4 is 35.0 Å². The van der Waals surface area contributed by atoms with Gasteiger partial charge >= 0.3 is 5.97 Å². The van der Waals surface area contributed by atoms with Crippen LogP contribution in [0.25, 0.3) is 0 Å². The van der Waals surface area contributed by atoms with Gasteiger partial charge in [0.05, 0.1) is 15.2 Å². The third-order valence-electron chi connectivity index (χ3n) is 2.08. The summed E-state index contributed by atoms with van der Waals surface area (Å²) >= 11 is 7.08. The van der Waals surface area contributed by atoms with E-state index < -0.39 is 16.1 Å². The molecule has 5 nitrogen and oxygen atoms in total. The van der Waals surface area contributed by atoms with Crippen LogP contribution in [0.5, 0.6) is 0 Å². The Labute approximate surface area is 107 Å². The zero-order valence-corrected chi connectivity index (χ0v) is 10.5. The fourth-order valence-electron chi connectivity index (χ4n) is 1.05. The molecule has 1 aromatic carbocycles. The van der Waals surface area contributed by atoms with Crippen molar-refractivity contribution in [1.29, 1.82) is 0 Å². The summed E-state index contributed by atoms with van der Waals surface area (Å²) in [5.41, 5.74) is 0.616. The number of carbonyl (C=O) groups is 1. The van der Waals surface area contributed by atoms with Crippen LogP contribution >= 0.6 is 23.4 Å². The molecule has 0 saturated carbocycles. The molecule has 7 heteroatoms. The number of benzene rings is 1. The number of thioether (sulfide) groups is 1. The van der Waals surface area contributed by atoms with Crippen LogP contribution in [0.4, 0.5) is 5.69 Å². The molecule has 1 unspecified atom stereocenters. The highest BCUT2D eigenvalue weighted by Crippen LogP contribution is 2.27. The van der Waals surface area contributed by atoms with Crippen molar-refractivity contribution in [1.82, 2.24) is 0 Å². The third-order valence-corrected chi connectivity index (χ3v) is 3.62. The van der Waals surface area contributed by atoms with Crippen LogP contribution < -0.4 is 0 Å². The van der Waals surface area contributed by atoms with Crippen LogP contribution in [0.2, 0.25) is 5.02 Å². The van der Waals surface area contributed by atoms with Crippen LogP contribution in [0.15, 0.2) is 18.2 Å². The highest BCUT2D eigenvalue weighted by molar-refractivity contribution is 7.99. The van der Waals surface area contributed by atoms with E-state index in [9.17, 15) is 14.9 Å². The summed E-state index contributed by atoms with van der Waals surface area (Å²) < 4.78 is 0. The van der Waals surface area contributed by atoms with E-state index in [-0.39, 0.29) is 10.7 Å². The highest BCUT2D eigenvalue weighted by atomic mass is 35.5. The molecular formula is C10H10ClNO4S. The molecule has 0 bridgehead atoms. The van der Waals surface area contributed by atoms with Gasteiger partial charge in [-0.2, -0.15) is 0 Å². The Morgan fingerprint density at radius 1 is 1.65 bits per heavy atom. The molecule has 0 aliphatic carbocycles. The average Bonchev–Trinajstić information content (AvgIpc) is 2.26. The first-order valence-corrected chi connectivity index (χ1v) is 6.11. The van der Waals surface area contributed by atoms with Crippen molar-refractivity contribution in [2.24, 2.45) is 0 Å². The first-order valence-electron chi connectivity index (χ1n) is 4.69. The Hall–Kier alpha value is -1.27. The summed E-state index contributed by atoms with van der Waals surface area (Å²) in [5, 5.41) is 18.9. The van der Waals surface area contributed by atoms with Crippen molar-refractivity contribution in [3.63, 3.8) is 0 Å². The molecule has 1 rings (SSSR count). The molecule has 0 heterocycles. The average molecular weight is 276 g/mol. The fraction of sp³-hybridized carbons (Fsp3) is 0.300. The molecule has 17 heavy (non-hydrogen) atoms. The molecule has 0 aliphatic heterocycles. The van der Waals surface area contributed by atoms with Crippen molar-refractivity contribution in [3.8, 4) is 0 Å². The maximum atomic E-state index is 10.6. The first-order chi connectivity index (χ1) is 7.91. The molecule has 1 N–H and O–H groups in total. The van der Waals surface area contributed by atoms with E-state index in [1.165, 1.54) is 23.9 Å². The second-order valence-corrected chi connectivity index (χ2v) is 5.06. The number of nitro groups is 1. The number of hydrogen-bond donors (Lipinski definition) is 1. The van der Waals surface area contributed by atoms with E-state index in [1.54, 1.807) is 13.0 Å². The number of nitro benzene ring substituents is 1. The van der Waals surface area contributed by atoms with Gasteiger partial charge in [0.1, 0.15) is 0 Å². The summed E-state index contributed by atoms with van der Waals surface area (Å²) in [6, 6.07) is 4.16. The first kappa shape index (κ1) is 13.8. The fourth-order valence-corrected chi connectivity index (χ4v) is 2.20. The summed E-state index contributed by atoms with van der Waals surface area (Å²) in [6.07, 6.45) is 0. The monoisotopic (exact) mass is 275 g/mol. The Morgan fingerprint density at radius 2 is 2.29 bits per heavy atom. The largest absolute Gasteiger partial charge is 0.480 e. The zero-order valence-electron chi connectivity index (χ0n) is 8.92. The predicted molar refractivity (Wildman–Crippen MR) is 66.5 cm³/mol. The number of halogens is 1. The summed E-state index contributed by atoms with van der Waals surface area (Å²) in [6.45, 7) is 1.58. The van der Waals surface area contributed by atoms with Gasteiger partial charge in [0.2, 0.25) is 0 Å². The van der Waals surface area contributed by atoms with E-state index in [0.29, 0.717) is 11.3 Å². The van der Waals surface area contributed by atoms with E-state index in [0.717, 1.165) is 0 Å². The Balaban J connectivity index is 2.73. The van der Waals surface area contributed by atoms with E-state index in [2.05, 4.69) is 0 Å². The van der Waals surface area contributed by atoms with Gasteiger partial charge in [-0.25, -0.2) is 0 Å². The standard InChI is InChI=1S/C10H10ClNO4S/c1-6(10(13)14)17-5-7-2-3-8(12(15)16)4-9(7)11/h2-4,6H,5H2,1H3,(H,13,14). The third kappa shape index (κ3) is 3.90. The summed E-state index contributed by atoms with van der Waals surface area (Å²) in [4.78, 5) is 20.6. The lowest BCUT2D eigenvalue weighted by Gasteiger charge is -2.07. The van der Waals surface area contributed by atoms with Gasteiger partial charge in [-0.05, 0) is 18.6 Å². The smallest absolute Gasteiger partial charge is 0.316 e. The lowest BCUT2D eigenvalue weighted by atomic mass is 10.2. The predicted octanol–water partition coefficient (Wildman–Crippen LogP) is 2.95. The van der Waals surface area contributed by atoms with Gasteiger partial charge in [-0.3, -0.25) is 14.9 Å². The van der Waals surface area contributed by atoms with Gasteiger partial charge in [0.15, 0.2) is 0 Å². The molecule has 0 fully saturated rings. The molecule has 0 amide bonds. The number of non-ortho nitro benzene ring substituents is 1. The lowest BCUT2D eigenvalue weighted by molar-refractivity contribution is -0.384. The van der Waals surface area contributed by atoms with Crippen molar-refractivity contribution in [2.45, 2.75) is 17.9 Å². The highest BCUT2D eigenvalue weighted by Gasteiger charge is 2.14. The number of carboxylic acid groups (broad SMARTS) is 1. The number of rotatable bonds is 5. The maximum Gasteiger partial charge on any atom is 0.316 e. The number of carboxylic acids is 1. The minimum Gasteiger partial charge on any atom is -0.480 e. The summed E-state index contributed by atoms with van der Waals surface area (Å²) in [7, 11) is 0. The van der Waals surface area contributed by atoms with Crippen molar-refractivity contribution in [2.75, 3.05) is 0 Å². The van der Waals surface area contributed by atoms with Crippen LogP contribution in [-0.2, 0) is 10.5 Å². The topological polar surface area (TPSA) is 80.4 Å². The van der Waals surface area contributed by atoms with Gasteiger partial charge in [0.25, 0.3) is 5.69 Å². The molecule has 92 valence electrons. The van der Waals surface area contributed by atoms with Crippen molar-refractivity contribution < 1.29 is 14.8 Å². The van der Waals surface area contributed by atoms with Gasteiger partial charge in [-0.15, -0.1) is 11.8 Å². The van der Waals surface area contributed by atoms with Gasteiger partial charge in [-0.1, -0.05) is 11.6 Å².